The summed E-state index contributed by atoms with van der Waals surface area (Å²) in [7, 11) is 0. The number of nitrogens with one attached hydrogen (secondary N) is 2. The third-order valence-corrected chi connectivity index (χ3v) is 3.01. The maximum Gasteiger partial charge on any atom is 0.262 e. The summed E-state index contributed by atoms with van der Waals surface area (Å²) in [5, 5.41) is 5.40. The van der Waals surface area contributed by atoms with Gasteiger partial charge in [0.2, 0.25) is 0 Å². The van der Waals surface area contributed by atoms with E-state index in [-0.39, 0.29) is 25.0 Å². The Morgan fingerprint density at radius 1 is 1.23 bits per heavy atom. The van der Waals surface area contributed by atoms with Crippen LogP contribution in [0.25, 0.3) is 0 Å². The molecule has 0 atom stereocenters. The Kier molecular flexibility index (Phi) is 3.91. The van der Waals surface area contributed by atoms with Gasteiger partial charge in [0.25, 0.3) is 11.8 Å². The van der Waals surface area contributed by atoms with Crippen molar-refractivity contribution in [1.29, 1.82) is 0 Å². The van der Waals surface area contributed by atoms with Crippen LogP contribution in [0, 0.1) is 0 Å². The number of carbonyl (C=O) groups excluding carboxylic acids is 2. The van der Waals surface area contributed by atoms with E-state index in [1.165, 1.54) is 0 Å². The third-order valence-electron chi connectivity index (χ3n) is 3.01. The standard InChI is InChI=1S/C16H14N2O4/c19-15(9-21-12-4-2-1-3-5-12)17-11-6-7-13-14(8-11)22-10-16(20)18-13/h1-8H,9-10H2,(H,17,19)(H,18,20). The molecule has 3 rings (SSSR count). The summed E-state index contributed by atoms with van der Waals surface area (Å²) < 4.78 is 10.7. The van der Waals surface area contributed by atoms with E-state index in [1.807, 2.05) is 18.2 Å². The first-order chi connectivity index (χ1) is 10.7. The third kappa shape index (κ3) is 3.35. The van der Waals surface area contributed by atoms with Gasteiger partial charge < -0.3 is 20.1 Å². The van der Waals surface area contributed by atoms with E-state index >= 15 is 0 Å². The van der Waals surface area contributed by atoms with Crippen LogP contribution in [0.4, 0.5) is 11.4 Å². The molecule has 2 aromatic rings. The smallest absolute Gasteiger partial charge is 0.262 e. The lowest BCUT2D eigenvalue weighted by Crippen LogP contribution is -2.25. The molecule has 0 bridgehead atoms. The lowest BCUT2D eigenvalue weighted by Gasteiger charge is -2.18. The lowest BCUT2D eigenvalue weighted by atomic mass is 10.2. The Bertz CT molecular complexity index is 701. The largest absolute Gasteiger partial charge is 0.484 e. The van der Waals surface area contributed by atoms with Crippen molar-refractivity contribution in [2.24, 2.45) is 0 Å². The van der Waals surface area contributed by atoms with Gasteiger partial charge in [0.05, 0.1) is 5.69 Å². The average molecular weight is 298 g/mol. The Labute approximate surface area is 127 Å². The van der Waals surface area contributed by atoms with E-state index in [0.717, 1.165) is 0 Å². The normalized spacial score (nSPS) is 12.6. The molecule has 0 saturated heterocycles. The maximum atomic E-state index is 11.9. The molecule has 1 heterocycles. The molecule has 0 unspecified atom stereocenters. The van der Waals surface area contributed by atoms with Crippen molar-refractivity contribution >= 4 is 23.2 Å². The van der Waals surface area contributed by atoms with Gasteiger partial charge in [-0.05, 0) is 24.3 Å². The number of ether oxygens (including phenoxy) is 2. The van der Waals surface area contributed by atoms with Gasteiger partial charge in [-0.3, -0.25) is 9.59 Å². The number of fused-ring (bicyclic) bond motifs is 1. The number of benzene rings is 2. The Morgan fingerprint density at radius 2 is 2.05 bits per heavy atom. The first-order valence-corrected chi connectivity index (χ1v) is 6.75. The van der Waals surface area contributed by atoms with Crippen LogP contribution in [0.5, 0.6) is 11.5 Å². The zero-order chi connectivity index (χ0) is 15.4. The van der Waals surface area contributed by atoms with Crippen molar-refractivity contribution in [2.75, 3.05) is 23.8 Å². The summed E-state index contributed by atoms with van der Waals surface area (Å²) in [5.41, 5.74) is 1.17. The van der Waals surface area contributed by atoms with E-state index in [2.05, 4.69) is 10.6 Å². The Hall–Kier alpha value is -3.02. The van der Waals surface area contributed by atoms with Gasteiger partial charge in [-0.15, -0.1) is 0 Å². The predicted molar refractivity (Wildman–Crippen MR) is 81.1 cm³/mol. The number of amides is 2. The van der Waals surface area contributed by atoms with Gasteiger partial charge in [0.1, 0.15) is 11.5 Å². The summed E-state index contributed by atoms with van der Waals surface area (Å²) in [6.07, 6.45) is 0. The van der Waals surface area contributed by atoms with Crippen molar-refractivity contribution < 1.29 is 19.1 Å². The fraction of sp³-hybridized carbons (Fsp3) is 0.125. The second-order valence-corrected chi connectivity index (χ2v) is 4.70. The molecule has 1 aliphatic heterocycles. The monoisotopic (exact) mass is 298 g/mol. The minimum atomic E-state index is -0.274. The van der Waals surface area contributed by atoms with Crippen LogP contribution in [0.3, 0.4) is 0 Å². The summed E-state index contributed by atoms with van der Waals surface area (Å²) in [4.78, 5) is 23.0. The van der Waals surface area contributed by atoms with Crippen molar-refractivity contribution in [3.8, 4) is 11.5 Å². The van der Waals surface area contributed by atoms with Crippen LogP contribution in [0.15, 0.2) is 48.5 Å². The van der Waals surface area contributed by atoms with Crippen molar-refractivity contribution in [2.45, 2.75) is 0 Å². The summed E-state index contributed by atoms with van der Waals surface area (Å²) in [6.45, 7) is -0.111. The van der Waals surface area contributed by atoms with Crippen molar-refractivity contribution in [3.05, 3.63) is 48.5 Å². The first-order valence-electron chi connectivity index (χ1n) is 6.75. The van der Waals surface area contributed by atoms with E-state index in [4.69, 9.17) is 9.47 Å². The molecule has 1 aliphatic rings. The van der Waals surface area contributed by atoms with Gasteiger partial charge in [0.15, 0.2) is 13.2 Å². The molecule has 0 saturated carbocycles. The second kappa shape index (κ2) is 6.17. The SMILES string of the molecule is O=C(COc1ccccc1)Nc1ccc2c(c1)OCC(=O)N2. The average Bonchev–Trinajstić information content (AvgIpc) is 2.54. The zero-order valence-corrected chi connectivity index (χ0v) is 11.7. The van der Waals surface area contributed by atoms with Gasteiger partial charge in [-0.2, -0.15) is 0 Å². The molecule has 22 heavy (non-hydrogen) atoms. The van der Waals surface area contributed by atoms with Crippen molar-refractivity contribution in [1.82, 2.24) is 0 Å². The van der Waals surface area contributed by atoms with Crippen LogP contribution in [-0.4, -0.2) is 25.0 Å². The van der Waals surface area contributed by atoms with Gasteiger partial charge in [0, 0.05) is 11.8 Å². The second-order valence-electron chi connectivity index (χ2n) is 4.70. The Balaban J connectivity index is 1.59. The highest BCUT2D eigenvalue weighted by Crippen LogP contribution is 2.30. The number of para-hydroxylation sites is 1. The lowest BCUT2D eigenvalue weighted by molar-refractivity contribution is -0.119. The zero-order valence-electron chi connectivity index (χ0n) is 11.7. The molecule has 2 amide bonds. The van der Waals surface area contributed by atoms with Crippen LogP contribution in [0.2, 0.25) is 0 Å². The molecular weight excluding hydrogens is 284 g/mol. The van der Waals surface area contributed by atoms with Gasteiger partial charge in [-0.25, -0.2) is 0 Å². The summed E-state index contributed by atoms with van der Waals surface area (Å²) >= 11 is 0. The summed E-state index contributed by atoms with van der Waals surface area (Å²) in [5.74, 6) is 0.694. The van der Waals surface area contributed by atoms with E-state index < -0.39 is 0 Å². The highest BCUT2D eigenvalue weighted by Gasteiger charge is 2.16. The Morgan fingerprint density at radius 3 is 2.86 bits per heavy atom. The molecule has 2 N–H and O–H groups in total. The molecule has 112 valence electrons. The van der Waals surface area contributed by atoms with E-state index in [0.29, 0.717) is 22.9 Å². The maximum absolute atomic E-state index is 11.9. The number of hydrogen-bond donors (Lipinski definition) is 2. The number of carbonyl (C=O) groups is 2. The molecule has 0 aromatic heterocycles. The molecule has 6 heteroatoms. The minimum absolute atomic E-state index is 0.0263. The molecule has 0 radical (unpaired) electrons. The first kappa shape index (κ1) is 13.9. The van der Waals surface area contributed by atoms with Crippen LogP contribution in [0.1, 0.15) is 0 Å². The minimum Gasteiger partial charge on any atom is -0.484 e. The quantitative estimate of drug-likeness (QED) is 0.905. The van der Waals surface area contributed by atoms with Gasteiger partial charge in [-0.1, -0.05) is 18.2 Å². The molecular formula is C16H14N2O4. The highest BCUT2D eigenvalue weighted by molar-refractivity contribution is 5.97. The molecule has 0 spiro atoms. The van der Waals surface area contributed by atoms with Crippen LogP contribution in [-0.2, 0) is 9.59 Å². The number of rotatable bonds is 4. The predicted octanol–water partition coefficient (Wildman–Crippen LogP) is 2.03. The topological polar surface area (TPSA) is 76.7 Å². The molecule has 0 aliphatic carbocycles. The van der Waals surface area contributed by atoms with Crippen LogP contribution >= 0.6 is 0 Å². The van der Waals surface area contributed by atoms with Gasteiger partial charge >= 0.3 is 0 Å². The molecule has 6 nitrogen and oxygen atoms in total. The van der Waals surface area contributed by atoms with E-state index in [9.17, 15) is 9.59 Å². The fourth-order valence-corrected chi connectivity index (χ4v) is 2.02. The van der Waals surface area contributed by atoms with Crippen molar-refractivity contribution in [3.63, 3.8) is 0 Å². The highest BCUT2D eigenvalue weighted by atomic mass is 16.5. The van der Waals surface area contributed by atoms with Crippen LogP contribution < -0.4 is 20.1 Å². The fourth-order valence-electron chi connectivity index (χ4n) is 2.02. The summed E-state index contributed by atoms with van der Waals surface area (Å²) in [6, 6.07) is 14.1. The molecule has 0 fully saturated rings. The van der Waals surface area contributed by atoms with E-state index in [1.54, 1.807) is 30.3 Å². The number of anilines is 2. The number of hydrogen-bond acceptors (Lipinski definition) is 4. The molecule has 2 aromatic carbocycles.